The fraction of sp³-hybridized carbons (Fsp3) is 0.476. The van der Waals surface area contributed by atoms with Crippen molar-refractivity contribution in [1.82, 2.24) is 10.2 Å². The first-order chi connectivity index (χ1) is 26.9. The van der Waals surface area contributed by atoms with Crippen LogP contribution in [0.3, 0.4) is 0 Å². The van der Waals surface area contributed by atoms with E-state index in [2.05, 4.69) is 5.32 Å². The maximum absolute atomic E-state index is 14.7. The lowest BCUT2D eigenvalue weighted by Crippen LogP contribution is -2.84. The molecule has 0 aliphatic carbocycles. The largest absolute Gasteiger partial charge is 0.460 e. The molecule has 0 spiro atoms. The number of nitrogens with one attached hydrogen (secondary N) is 1. The molecule has 2 amide bonds. The summed E-state index contributed by atoms with van der Waals surface area (Å²) in [6.07, 6.45) is -0.111. The normalized spacial score (nSPS) is 18.1. The number of esters is 2. The molecule has 13 nitrogen and oxygen atoms in total. The van der Waals surface area contributed by atoms with Crippen molar-refractivity contribution in [2.24, 2.45) is 0 Å². The minimum Gasteiger partial charge on any atom is -0.460 e. The molecular formula is C42H55N2O11P. The summed E-state index contributed by atoms with van der Waals surface area (Å²) < 4.78 is 50.3. The van der Waals surface area contributed by atoms with Crippen molar-refractivity contribution in [3.63, 3.8) is 0 Å². The van der Waals surface area contributed by atoms with Crippen LogP contribution >= 0.6 is 7.14 Å². The molecule has 2 unspecified atom stereocenters. The quantitative estimate of drug-likeness (QED) is 0.0384. The minimum absolute atomic E-state index is 0.0533. The molecule has 1 aliphatic heterocycles. The Kier molecular flexibility index (Phi) is 16.4. The molecule has 1 fully saturated rings. The predicted molar refractivity (Wildman–Crippen MR) is 209 cm³/mol. The lowest BCUT2D eigenvalue weighted by molar-refractivity contribution is -0.304. The van der Waals surface area contributed by atoms with Gasteiger partial charge >= 0.3 is 11.9 Å². The Morgan fingerprint density at radius 2 is 1.27 bits per heavy atom. The van der Waals surface area contributed by atoms with Crippen molar-refractivity contribution in [2.45, 2.75) is 90.1 Å². The van der Waals surface area contributed by atoms with Gasteiger partial charge < -0.3 is 38.3 Å². The highest BCUT2D eigenvalue weighted by atomic mass is 31.2. The van der Waals surface area contributed by atoms with Gasteiger partial charge in [0.25, 0.3) is 11.6 Å². The molecular weight excluding hydrogens is 739 g/mol. The first kappa shape index (κ1) is 44.3. The van der Waals surface area contributed by atoms with E-state index in [1.54, 1.807) is 99.6 Å². The van der Waals surface area contributed by atoms with Crippen molar-refractivity contribution >= 4 is 30.9 Å². The molecule has 3 aromatic rings. The highest BCUT2D eigenvalue weighted by Crippen LogP contribution is 2.55. The molecule has 0 radical (unpaired) electrons. The lowest BCUT2D eigenvalue weighted by atomic mass is 9.94. The van der Waals surface area contributed by atoms with Crippen molar-refractivity contribution < 1.29 is 52.2 Å². The Bertz CT molecular complexity index is 1760. The summed E-state index contributed by atoms with van der Waals surface area (Å²) in [5.41, 5.74) is -0.593. The van der Waals surface area contributed by atoms with E-state index < -0.39 is 60.3 Å². The number of amides is 2. The van der Waals surface area contributed by atoms with Crippen LogP contribution in [0.15, 0.2) is 91.0 Å². The second-order valence-electron chi connectivity index (χ2n) is 13.6. The van der Waals surface area contributed by atoms with Gasteiger partial charge in [0.2, 0.25) is 5.91 Å². The average Bonchev–Trinajstić information content (AvgIpc) is 3.23. The predicted octanol–water partition coefficient (Wildman–Crippen LogP) is 6.20. The number of methoxy groups -OCH3 is 1. The molecule has 1 saturated heterocycles. The molecule has 1 heterocycles. The van der Waals surface area contributed by atoms with Gasteiger partial charge in [0.05, 0.1) is 0 Å². The number of carbonyl (C=O) groups is 4. The summed E-state index contributed by atoms with van der Waals surface area (Å²) in [5.74, 6) is -8.08. The SMILES string of the molecule is CCCOC(C)(CO[C@@H]1N(C(C(=O)OCc2ccccc2)P(=O)(CC)CC)C(=O)[C@@]1(NC(=O)C(C(=O)OCc1ccccc1)c1ccccc1)OC)OCCC. The van der Waals surface area contributed by atoms with Gasteiger partial charge in [-0.15, -0.1) is 0 Å². The Labute approximate surface area is 329 Å². The van der Waals surface area contributed by atoms with Crippen LogP contribution < -0.4 is 5.32 Å². The Morgan fingerprint density at radius 1 is 0.786 bits per heavy atom. The van der Waals surface area contributed by atoms with Crippen LogP contribution in [-0.2, 0) is 65.4 Å². The third kappa shape index (κ3) is 10.5. The topological polar surface area (TPSA) is 156 Å². The molecule has 3 aromatic carbocycles. The van der Waals surface area contributed by atoms with E-state index in [-0.39, 0.29) is 32.1 Å². The number of β-lactam (4-membered cyclic amide) rings is 1. The first-order valence-electron chi connectivity index (χ1n) is 19.1. The van der Waals surface area contributed by atoms with Gasteiger partial charge in [0, 0.05) is 32.6 Å². The van der Waals surface area contributed by atoms with Crippen LogP contribution in [0.25, 0.3) is 0 Å². The first-order valence-corrected chi connectivity index (χ1v) is 21.2. The van der Waals surface area contributed by atoms with E-state index >= 15 is 0 Å². The van der Waals surface area contributed by atoms with Gasteiger partial charge in [-0.2, -0.15) is 0 Å². The van der Waals surface area contributed by atoms with Crippen LogP contribution in [0, 0.1) is 0 Å². The summed E-state index contributed by atoms with van der Waals surface area (Å²) in [7, 11) is -2.35. The zero-order valence-corrected chi connectivity index (χ0v) is 34.0. The van der Waals surface area contributed by atoms with Gasteiger partial charge in [-0.05, 0) is 36.5 Å². The maximum atomic E-state index is 14.7. The van der Waals surface area contributed by atoms with E-state index in [0.717, 1.165) is 4.90 Å². The second kappa shape index (κ2) is 20.7. The molecule has 4 rings (SSSR count). The average molecular weight is 795 g/mol. The molecule has 304 valence electrons. The summed E-state index contributed by atoms with van der Waals surface area (Å²) in [4.78, 5) is 57.9. The molecule has 0 saturated carbocycles. The van der Waals surface area contributed by atoms with E-state index in [1.165, 1.54) is 7.11 Å². The number of rotatable bonds is 23. The molecule has 56 heavy (non-hydrogen) atoms. The number of hydrogen-bond acceptors (Lipinski definition) is 11. The summed E-state index contributed by atoms with van der Waals surface area (Å²) in [5, 5.41) is 2.65. The maximum Gasteiger partial charge on any atom is 0.337 e. The van der Waals surface area contributed by atoms with E-state index in [0.29, 0.717) is 42.7 Å². The minimum atomic E-state index is -3.54. The highest BCUT2D eigenvalue weighted by molar-refractivity contribution is 7.65. The highest BCUT2D eigenvalue weighted by Gasteiger charge is 2.69. The summed E-state index contributed by atoms with van der Waals surface area (Å²) >= 11 is 0. The van der Waals surface area contributed by atoms with E-state index in [9.17, 15) is 23.7 Å². The number of likely N-dealkylation sites (tertiary alicyclic amines) is 1. The van der Waals surface area contributed by atoms with Crippen molar-refractivity contribution in [3.05, 3.63) is 108 Å². The fourth-order valence-electron chi connectivity index (χ4n) is 6.33. The molecule has 4 atom stereocenters. The Hall–Kier alpha value is -4.39. The van der Waals surface area contributed by atoms with Crippen LogP contribution in [0.5, 0.6) is 0 Å². The van der Waals surface area contributed by atoms with Gasteiger partial charge in [0.15, 0.2) is 23.7 Å². The second-order valence-corrected chi connectivity index (χ2v) is 17.3. The molecule has 0 aromatic heterocycles. The Morgan fingerprint density at radius 3 is 1.73 bits per heavy atom. The van der Waals surface area contributed by atoms with Gasteiger partial charge in [-0.1, -0.05) is 119 Å². The zero-order valence-electron chi connectivity index (χ0n) is 33.1. The zero-order chi connectivity index (χ0) is 40.8. The van der Waals surface area contributed by atoms with Gasteiger partial charge in [0.1, 0.15) is 27.0 Å². The van der Waals surface area contributed by atoms with Crippen LogP contribution in [0.4, 0.5) is 0 Å². The van der Waals surface area contributed by atoms with Crippen LogP contribution in [0.1, 0.15) is 70.1 Å². The van der Waals surface area contributed by atoms with Crippen molar-refractivity contribution in [1.29, 1.82) is 0 Å². The molecule has 0 bridgehead atoms. The van der Waals surface area contributed by atoms with Gasteiger partial charge in [-0.25, -0.2) is 4.79 Å². The van der Waals surface area contributed by atoms with Crippen LogP contribution in [0.2, 0.25) is 0 Å². The standard InChI is InChI=1S/C42H55N2O11P/c1-7-26-54-41(5,55-27-8-2)30-53-40-42(50-6,39(48)44(40)36(56(49,9-3)10-4)38(47)52-29-32-22-16-12-17-23-32)43-35(45)34(33-24-18-13-19-25-33)37(46)51-28-31-20-14-11-15-21-31/h11-25,34,36,40H,7-10,26-30H2,1-6H3,(H,43,45)/t34?,36?,40-,42+/m0/s1. The molecule has 1 N–H and O–H groups in total. The van der Waals surface area contributed by atoms with E-state index in [1.807, 2.05) is 26.0 Å². The number of ether oxygens (including phenoxy) is 6. The third-order valence-corrected chi connectivity index (χ3v) is 13.1. The van der Waals surface area contributed by atoms with Crippen molar-refractivity contribution in [2.75, 3.05) is 39.3 Å². The van der Waals surface area contributed by atoms with Crippen molar-refractivity contribution in [3.8, 4) is 0 Å². The lowest BCUT2D eigenvalue weighted by Gasteiger charge is -2.56. The number of hydrogen-bond donors (Lipinski definition) is 1. The smallest absolute Gasteiger partial charge is 0.337 e. The number of benzene rings is 3. The number of nitrogens with zero attached hydrogens (tertiary/aromatic N) is 1. The number of carbonyl (C=O) groups excluding carboxylic acids is 4. The molecule has 14 heteroatoms. The van der Waals surface area contributed by atoms with E-state index in [4.69, 9.17) is 28.4 Å². The van der Waals surface area contributed by atoms with Gasteiger partial charge in [-0.3, -0.25) is 19.3 Å². The van der Waals surface area contributed by atoms with Crippen LogP contribution in [-0.4, -0.2) is 91.4 Å². The summed E-state index contributed by atoms with van der Waals surface area (Å²) in [6.45, 7) is 9.01. The fourth-order valence-corrected chi connectivity index (χ4v) is 8.61. The Balaban J connectivity index is 1.75. The monoisotopic (exact) mass is 794 g/mol. The summed E-state index contributed by atoms with van der Waals surface area (Å²) in [6, 6.07) is 26.2. The third-order valence-electron chi connectivity index (χ3n) is 9.58. The molecule has 1 aliphatic rings.